The van der Waals surface area contributed by atoms with E-state index in [1.807, 2.05) is 23.9 Å². The Bertz CT molecular complexity index is 349. The summed E-state index contributed by atoms with van der Waals surface area (Å²) in [6, 6.07) is 8.19. The molecule has 0 bridgehead atoms. The molecule has 80 valence electrons. The number of benzene rings is 1. The van der Waals surface area contributed by atoms with Gasteiger partial charge in [0, 0.05) is 11.3 Å². The Hall–Kier alpha value is -0.910. The Balaban J connectivity index is 2.57. The monoisotopic (exact) mass is 220 g/mol. The first-order valence-corrected chi connectivity index (χ1v) is 6.28. The highest BCUT2D eigenvalue weighted by molar-refractivity contribution is 7.98. The van der Waals surface area contributed by atoms with Gasteiger partial charge in [-0.05, 0) is 29.9 Å². The number of aliphatic hydroxyl groups is 1. The highest BCUT2D eigenvalue weighted by Crippen LogP contribution is 2.13. The summed E-state index contributed by atoms with van der Waals surface area (Å²) in [5.41, 5.74) is 2.29. The van der Waals surface area contributed by atoms with Crippen LogP contribution in [0.1, 0.15) is 24.5 Å². The Morgan fingerprint density at radius 3 is 3.00 bits per heavy atom. The zero-order chi connectivity index (χ0) is 10.9. The Kier molecular flexibility index (Phi) is 5.99. The second-order valence-corrected chi connectivity index (χ2v) is 4.32. The summed E-state index contributed by atoms with van der Waals surface area (Å²) < 4.78 is 0. The van der Waals surface area contributed by atoms with Gasteiger partial charge >= 0.3 is 0 Å². The van der Waals surface area contributed by atoms with Crippen LogP contribution in [0.4, 0.5) is 0 Å². The second kappa shape index (κ2) is 7.39. The fourth-order valence-electron chi connectivity index (χ4n) is 1.21. The van der Waals surface area contributed by atoms with E-state index in [0.29, 0.717) is 0 Å². The maximum absolute atomic E-state index is 8.59. The first kappa shape index (κ1) is 12.2. The van der Waals surface area contributed by atoms with Crippen molar-refractivity contribution in [3.63, 3.8) is 0 Å². The summed E-state index contributed by atoms with van der Waals surface area (Å²) in [5.74, 6) is 7.82. The van der Waals surface area contributed by atoms with E-state index >= 15 is 0 Å². The molecule has 2 heteroatoms. The molecular formula is C13H16OS. The summed E-state index contributed by atoms with van der Waals surface area (Å²) in [5, 5.41) is 8.59. The van der Waals surface area contributed by atoms with Crippen molar-refractivity contribution in [3.8, 4) is 11.8 Å². The average molecular weight is 220 g/mol. The maximum Gasteiger partial charge on any atom is 0.104 e. The lowest BCUT2D eigenvalue weighted by Gasteiger charge is -2.00. The summed E-state index contributed by atoms with van der Waals surface area (Å²) in [7, 11) is 0. The van der Waals surface area contributed by atoms with Crippen molar-refractivity contribution in [2.45, 2.75) is 19.1 Å². The number of hydrogen-bond donors (Lipinski definition) is 1. The van der Waals surface area contributed by atoms with Crippen molar-refractivity contribution in [1.29, 1.82) is 0 Å². The smallest absolute Gasteiger partial charge is 0.104 e. The normalized spacial score (nSPS) is 9.47. The molecule has 0 atom stereocenters. The topological polar surface area (TPSA) is 20.2 Å². The SMILES string of the molecule is CCCSCc1cccc(C#CCO)c1. The van der Waals surface area contributed by atoms with Crippen molar-refractivity contribution in [1.82, 2.24) is 0 Å². The first-order chi connectivity index (χ1) is 7.36. The van der Waals surface area contributed by atoms with Gasteiger partial charge in [-0.25, -0.2) is 0 Å². The van der Waals surface area contributed by atoms with Crippen LogP contribution in [0, 0.1) is 11.8 Å². The lowest BCUT2D eigenvalue weighted by atomic mass is 10.1. The summed E-state index contributed by atoms with van der Waals surface area (Å²) in [6.07, 6.45) is 1.22. The molecule has 0 fully saturated rings. The van der Waals surface area contributed by atoms with Gasteiger partial charge in [0.15, 0.2) is 0 Å². The molecule has 0 saturated heterocycles. The molecule has 0 aliphatic heterocycles. The van der Waals surface area contributed by atoms with E-state index in [0.717, 1.165) is 11.3 Å². The maximum atomic E-state index is 8.59. The minimum Gasteiger partial charge on any atom is -0.384 e. The summed E-state index contributed by atoms with van der Waals surface area (Å²) >= 11 is 1.94. The number of rotatable bonds is 4. The van der Waals surface area contributed by atoms with Gasteiger partial charge in [-0.2, -0.15) is 11.8 Å². The molecular weight excluding hydrogens is 204 g/mol. The molecule has 0 saturated carbocycles. The standard InChI is InChI=1S/C13H16OS/c1-2-9-15-11-13-6-3-5-12(10-13)7-4-8-14/h3,5-6,10,14H,2,8-9,11H2,1H3. The number of hydrogen-bond acceptors (Lipinski definition) is 2. The van der Waals surface area contributed by atoms with E-state index in [4.69, 9.17) is 5.11 Å². The molecule has 0 aromatic heterocycles. The molecule has 1 nitrogen and oxygen atoms in total. The molecule has 0 radical (unpaired) electrons. The van der Waals surface area contributed by atoms with Gasteiger partial charge in [0.1, 0.15) is 6.61 Å². The van der Waals surface area contributed by atoms with Gasteiger partial charge in [0.25, 0.3) is 0 Å². The van der Waals surface area contributed by atoms with Crippen LogP contribution in [-0.2, 0) is 5.75 Å². The molecule has 1 N–H and O–H groups in total. The lowest BCUT2D eigenvalue weighted by molar-refractivity contribution is 0.350. The Morgan fingerprint density at radius 2 is 2.27 bits per heavy atom. The quantitative estimate of drug-likeness (QED) is 0.622. The van der Waals surface area contributed by atoms with Crippen LogP contribution in [0.5, 0.6) is 0 Å². The lowest BCUT2D eigenvalue weighted by Crippen LogP contribution is -1.84. The highest BCUT2D eigenvalue weighted by Gasteiger charge is 1.94. The molecule has 1 aromatic rings. The van der Waals surface area contributed by atoms with Gasteiger partial charge < -0.3 is 5.11 Å². The molecule has 0 unspecified atom stereocenters. The van der Waals surface area contributed by atoms with E-state index in [1.54, 1.807) is 0 Å². The largest absolute Gasteiger partial charge is 0.384 e. The van der Waals surface area contributed by atoms with Crippen LogP contribution in [0.25, 0.3) is 0 Å². The van der Waals surface area contributed by atoms with Gasteiger partial charge in [-0.1, -0.05) is 30.9 Å². The van der Waals surface area contributed by atoms with E-state index in [9.17, 15) is 0 Å². The van der Waals surface area contributed by atoms with Crippen LogP contribution < -0.4 is 0 Å². The minimum atomic E-state index is -0.0746. The Morgan fingerprint density at radius 1 is 1.40 bits per heavy atom. The predicted octanol–water partition coefficient (Wildman–Crippen LogP) is 2.67. The third-order valence-electron chi connectivity index (χ3n) is 1.86. The van der Waals surface area contributed by atoms with Crippen molar-refractivity contribution in [3.05, 3.63) is 35.4 Å². The van der Waals surface area contributed by atoms with Gasteiger partial charge in [0.2, 0.25) is 0 Å². The Labute approximate surface area is 95.9 Å². The van der Waals surface area contributed by atoms with Crippen molar-refractivity contribution in [2.24, 2.45) is 0 Å². The fraction of sp³-hybridized carbons (Fsp3) is 0.385. The van der Waals surface area contributed by atoms with Crippen molar-refractivity contribution in [2.75, 3.05) is 12.4 Å². The third-order valence-corrected chi connectivity index (χ3v) is 3.09. The average Bonchev–Trinajstić information content (AvgIpc) is 2.27. The van der Waals surface area contributed by atoms with Crippen molar-refractivity contribution >= 4 is 11.8 Å². The zero-order valence-corrected chi connectivity index (χ0v) is 9.81. The van der Waals surface area contributed by atoms with Gasteiger partial charge in [-0.15, -0.1) is 0 Å². The molecule has 1 aromatic carbocycles. The molecule has 0 aliphatic carbocycles. The van der Waals surface area contributed by atoms with Crippen LogP contribution in [0.2, 0.25) is 0 Å². The number of thioether (sulfide) groups is 1. The number of aliphatic hydroxyl groups excluding tert-OH is 1. The molecule has 0 heterocycles. The second-order valence-electron chi connectivity index (χ2n) is 3.21. The fourth-order valence-corrected chi connectivity index (χ4v) is 2.06. The van der Waals surface area contributed by atoms with Gasteiger partial charge in [0.05, 0.1) is 0 Å². The molecule has 0 spiro atoms. The molecule has 1 rings (SSSR count). The van der Waals surface area contributed by atoms with E-state index in [1.165, 1.54) is 17.7 Å². The van der Waals surface area contributed by atoms with Crippen LogP contribution >= 0.6 is 11.8 Å². The minimum absolute atomic E-state index is 0.0746. The molecule has 0 aliphatic rings. The highest BCUT2D eigenvalue weighted by atomic mass is 32.2. The molecule has 0 amide bonds. The van der Waals surface area contributed by atoms with Crippen LogP contribution in [0.3, 0.4) is 0 Å². The summed E-state index contributed by atoms with van der Waals surface area (Å²) in [6.45, 7) is 2.12. The van der Waals surface area contributed by atoms with Crippen LogP contribution in [0.15, 0.2) is 24.3 Å². The van der Waals surface area contributed by atoms with Gasteiger partial charge in [-0.3, -0.25) is 0 Å². The van der Waals surface area contributed by atoms with E-state index in [-0.39, 0.29) is 6.61 Å². The van der Waals surface area contributed by atoms with Crippen molar-refractivity contribution < 1.29 is 5.11 Å². The predicted molar refractivity (Wildman–Crippen MR) is 66.9 cm³/mol. The molecule has 15 heavy (non-hydrogen) atoms. The van der Waals surface area contributed by atoms with Crippen LogP contribution in [-0.4, -0.2) is 17.5 Å². The van der Waals surface area contributed by atoms with E-state index < -0.39 is 0 Å². The first-order valence-electron chi connectivity index (χ1n) is 5.13. The zero-order valence-electron chi connectivity index (χ0n) is 8.99. The third kappa shape index (κ3) is 4.92. The summed E-state index contributed by atoms with van der Waals surface area (Å²) in [4.78, 5) is 0. The van der Waals surface area contributed by atoms with E-state index in [2.05, 4.69) is 30.9 Å².